The lowest BCUT2D eigenvalue weighted by atomic mass is 9.88. The van der Waals surface area contributed by atoms with Crippen molar-refractivity contribution in [3.63, 3.8) is 0 Å². The lowest BCUT2D eigenvalue weighted by Crippen LogP contribution is -2.33. The Morgan fingerprint density at radius 2 is 1.86 bits per heavy atom. The topological polar surface area (TPSA) is 91.7 Å². The Kier molecular flexibility index (Phi) is 3.49. The summed E-state index contributed by atoms with van der Waals surface area (Å²) >= 11 is 0. The van der Waals surface area contributed by atoms with Crippen LogP contribution in [0.5, 0.6) is 0 Å². The minimum atomic E-state index is -2.96. The fourth-order valence-electron chi connectivity index (χ4n) is 1.74. The van der Waals surface area contributed by atoms with Gasteiger partial charge in [-0.3, -0.25) is 4.79 Å². The van der Waals surface area contributed by atoms with Crippen molar-refractivity contribution in [1.29, 1.82) is 0 Å². The van der Waals surface area contributed by atoms with E-state index >= 15 is 0 Å². The summed E-state index contributed by atoms with van der Waals surface area (Å²) in [6, 6.07) is 0. The van der Waals surface area contributed by atoms with E-state index in [-0.39, 0.29) is 17.4 Å². The first-order valence-corrected chi connectivity index (χ1v) is 6.32. The Balaban J connectivity index is 2.60. The number of hydrogen-bond acceptors (Lipinski definition) is 4. The quantitative estimate of drug-likeness (QED) is 0.672. The van der Waals surface area contributed by atoms with Crippen LogP contribution in [0.25, 0.3) is 0 Å². The smallest absolute Gasteiger partial charge is 0.309 e. The zero-order valence-corrected chi connectivity index (χ0v) is 8.53. The van der Waals surface area contributed by atoms with Crippen LogP contribution in [-0.4, -0.2) is 42.7 Å². The molecule has 0 spiro atoms. The molecule has 1 unspecified atom stereocenters. The second-order valence-electron chi connectivity index (χ2n) is 3.62. The molecule has 1 rings (SSSR count). The van der Waals surface area contributed by atoms with Gasteiger partial charge in [0.25, 0.3) is 0 Å². The highest BCUT2D eigenvalue weighted by atomic mass is 32.2. The molecule has 0 saturated carbocycles. The SMILES string of the molecule is O=C(O)C(CO)C1CCS(=O)(=O)CC1. The Bertz CT molecular complexity index is 294. The number of hydrogen-bond donors (Lipinski definition) is 2. The van der Waals surface area contributed by atoms with Gasteiger partial charge in [0.1, 0.15) is 9.84 Å². The first kappa shape index (κ1) is 11.5. The largest absolute Gasteiger partial charge is 0.481 e. The summed E-state index contributed by atoms with van der Waals surface area (Å²) in [6.07, 6.45) is 0.694. The van der Waals surface area contributed by atoms with Gasteiger partial charge >= 0.3 is 5.97 Å². The first-order valence-electron chi connectivity index (χ1n) is 4.50. The van der Waals surface area contributed by atoms with Gasteiger partial charge in [-0.15, -0.1) is 0 Å². The number of aliphatic hydroxyl groups is 1. The highest BCUT2D eigenvalue weighted by Gasteiger charge is 2.32. The van der Waals surface area contributed by atoms with Crippen LogP contribution in [-0.2, 0) is 14.6 Å². The molecule has 1 heterocycles. The van der Waals surface area contributed by atoms with Gasteiger partial charge < -0.3 is 10.2 Å². The average molecular weight is 222 g/mol. The molecule has 0 aromatic rings. The molecule has 1 fully saturated rings. The van der Waals surface area contributed by atoms with Crippen molar-refractivity contribution in [2.45, 2.75) is 12.8 Å². The summed E-state index contributed by atoms with van der Waals surface area (Å²) in [5, 5.41) is 17.6. The highest BCUT2D eigenvalue weighted by molar-refractivity contribution is 7.91. The fraction of sp³-hybridized carbons (Fsp3) is 0.875. The molecule has 82 valence electrons. The number of aliphatic hydroxyl groups excluding tert-OH is 1. The molecule has 2 N–H and O–H groups in total. The Labute approximate surface area is 82.7 Å². The Morgan fingerprint density at radius 1 is 1.36 bits per heavy atom. The normalized spacial score (nSPS) is 24.4. The molecule has 1 aliphatic heterocycles. The number of rotatable bonds is 3. The third-order valence-corrected chi connectivity index (χ3v) is 4.40. The van der Waals surface area contributed by atoms with E-state index < -0.39 is 28.3 Å². The lowest BCUT2D eigenvalue weighted by molar-refractivity contribution is -0.145. The van der Waals surface area contributed by atoms with Crippen LogP contribution in [0.15, 0.2) is 0 Å². The first-order chi connectivity index (χ1) is 6.46. The minimum absolute atomic E-state index is 0.0431. The molecular formula is C8H14O5S. The lowest BCUT2D eigenvalue weighted by Gasteiger charge is -2.25. The van der Waals surface area contributed by atoms with Crippen molar-refractivity contribution in [1.82, 2.24) is 0 Å². The van der Waals surface area contributed by atoms with Crippen molar-refractivity contribution < 1.29 is 23.4 Å². The summed E-state index contributed by atoms with van der Waals surface area (Å²) in [5.74, 6) is -1.98. The Morgan fingerprint density at radius 3 is 2.21 bits per heavy atom. The van der Waals surface area contributed by atoms with E-state index in [2.05, 4.69) is 0 Å². The number of aliphatic carboxylic acids is 1. The van der Waals surface area contributed by atoms with Crippen LogP contribution in [0.2, 0.25) is 0 Å². The van der Waals surface area contributed by atoms with Crippen LogP contribution in [0.1, 0.15) is 12.8 Å². The minimum Gasteiger partial charge on any atom is -0.481 e. The van der Waals surface area contributed by atoms with E-state index in [9.17, 15) is 13.2 Å². The molecule has 6 heteroatoms. The monoisotopic (exact) mass is 222 g/mol. The van der Waals surface area contributed by atoms with Crippen LogP contribution < -0.4 is 0 Å². The second kappa shape index (κ2) is 4.27. The van der Waals surface area contributed by atoms with Crippen molar-refractivity contribution in [3.05, 3.63) is 0 Å². The van der Waals surface area contributed by atoms with Gasteiger partial charge in [-0.25, -0.2) is 8.42 Å². The van der Waals surface area contributed by atoms with Crippen LogP contribution in [0, 0.1) is 11.8 Å². The van der Waals surface area contributed by atoms with E-state index in [0.717, 1.165) is 0 Å². The van der Waals surface area contributed by atoms with E-state index in [1.54, 1.807) is 0 Å². The van der Waals surface area contributed by atoms with Crippen molar-refractivity contribution in [3.8, 4) is 0 Å². The number of carboxylic acid groups (broad SMARTS) is 1. The van der Waals surface area contributed by atoms with E-state index in [1.165, 1.54) is 0 Å². The second-order valence-corrected chi connectivity index (χ2v) is 5.92. The predicted molar refractivity (Wildman–Crippen MR) is 49.6 cm³/mol. The zero-order valence-electron chi connectivity index (χ0n) is 7.72. The summed E-state index contributed by atoms with van der Waals surface area (Å²) in [5.41, 5.74) is 0. The summed E-state index contributed by atoms with van der Waals surface area (Å²) < 4.78 is 22.1. The van der Waals surface area contributed by atoms with Crippen molar-refractivity contribution in [2.75, 3.05) is 18.1 Å². The van der Waals surface area contributed by atoms with Gasteiger partial charge in [0.15, 0.2) is 0 Å². The number of carbonyl (C=O) groups is 1. The third kappa shape index (κ3) is 2.68. The van der Waals surface area contributed by atoms with Gasteiger partial charge in [-0.2, -0.15) is 0 Å². The summed E-state index contributed by atoms with van der Waals surface area (Å²) in [4.78, 5) is 10.7. The van der Waals surface area contributed by atoms with Gasteiger partial charge in [0.05, 0.1) is 24.0 Å². The van der Waals surface area contributed by atoms with Crippen LogP contribution in [0.4, 0.5) is 0 Å². The number of carboxylic acids is 1. The molecule has 1 aliphatic rings. The molecule has 0 aliphatic carbocycles. The number of sulfone groups is 1. The molecule has 5 nitrogen and oxygen atoms in total. The van der Waals surface area contributed by atoms with Crippen molar-refractivity contribution >= 4 is 15.8 Å². The van der Waals surface area contributed by atoms with E-state index in [4.69, 9.17) is 10.2 Å². The molecule has 0 aromatic heterocycles. The summed E-state index contributed by atoms with van der Waals surface area (Å²) in [6.45, 7) is -0.417. The van der Waals surface area contributed by atoms with E-state index in [1.807, 2.05) is 0 Å². The molecule has 0 radical (unpaired) electrons. The van der Waals surface area contributed by atoms with Crippen LogP contribution >= 0.6 is 0 Å². The maximum Gasteiger partial charge on any atom is 0.309 e. The molecule has 0 bridgehead atoms. The van der Waals surface area contributed by atoms with E-state index in [0.29, 0.717) is 12.8 Å². The molecule has 14 heavy (non-hydrogen) atoms. The molecule has 1 saturated heterocycles. The highest BCUT2D eigenvalue weighted by Crippen LogP contribution is 2.26. The maximum atomic E-state index is 11.1. The third-order valence-electron chi connectivity index (χ3n) is 2.68. The van der Waals surface area contributed by atoms with Crippen LogP contribution in [0.3, 0.4) is 0 Å². The predicted octanol–water partition coefficient (Wildman–Crippen LogP) is -0.496. The maximum absolute atomic E-state index is 11.1. The van der Waals surface area contributed by atoms with Gasteiger partial charge in [0.2, 0.25) is 0 Å². The molecule has 0 amide bonds. The van der Waals surface area contributed by atoms with Gasteiger partial charge in [-0.05, 0) is 18.8 Å². The fourth-order valence-corrected chi connectivity index (χ4v) is 3.27. The van der Waals surface area contributed by atoms with Crippen molar-refractivity contribution in [2.24, 2.45) is 11.8 Å². The van der Waals surface area contributed by atoms with Gasteiger partial charge in [-0.1, -0.05) is 0 Å². The average Bonchev–Trinajstić information content (AvgIpc) is 2.08. The van der Waals surface area contributed by atoms with Gasteiger partial charge in [0, 0.05) is 0 Å². The standard InChI is InChI=1S/C8H14O5S/c9-5-7(8(10)11)6-1-3-14(12,13)4-2-6/h6-7,9H,1-5H2,(H,10,11). The molecule has 1 atom stereocenters. The summed E-state index contributed by atoms with van der Waals surface area (Å²) in [7, 11) is -2.96. The molecule has 0 aromatic carbocycles. The Hall–Kier alpha value is -0.620. The molecular weight excluding hydrogens is 208 g/mol. The zero-order chi connectivity index (χ0) is 10.8.